The van der Waals surface area contributed by atoms with Gasteiger partial charge in [-0.05, 0) is 12.3 Å². The van der Waals surface area contributed by atoms with Crippen LogP contribution in [0.5, 0.6) is 0 Å². The lowest BCUT2D eigenvalue weighted by atomic mass is 10.2. The van der Waals surface area contributed by atoms with E-state index in [0.717, 1.165) is 18.7 Å². The summed E-state index contributed by atoms with van der Waals surface area (Å²) in [7, 11) is 0. The molecule has 1 heterocycles. The smallest absolute Gasteiger partial charge is 0.145 e. The quantitative estimate of drug-likeness (QED) is 0.771. The van der Waals surface area contributed by atoms with Gasteiger partial charge in [0.2, 0.25) is 0 Å². The monoisotopic (exact) mass is 211 g/mol. The summed E-state index contributed by atoms with van der Waals surface area (Å²) < 4.78 is 1.71. The van der Waals surface area contributed by atoms with Crippen LogP contribution in [0.3, 0.4) is 0 Å². The van der Waals surface area contributed by atoms with Crippen LogP contribution in [-0.2, 0) is 13.0 Å². The Morgan fingerprint density at radius 3 is 2.57 bits per heavy atom. The molecule has 0 aliphatic carbocycles. The van der Waals surface area contributed by atoms with Gasteiger partial charge in [-0.3, -0.25) is 4.68 Å². The van der Waals surface area contributed by atoms with Crippen molar-refractivity contribution in [3.63, 3.8) is 0 Å². The van der Waals surface area contributed by atoms with Crippen LogP contribution in [0.25, 0.3) is 0 Å². The predicted molar refractivity (Wildman–Crippen MR) is 56.2 cm³/mol. The minimum atomic E-state index is 0.470. The largest absolute Gasteiger partial charge is 0.252 e. The first-order chi connectivity index (χ1) is 6.60. The highest BCUT2D eigenvalue weighted by Gasteiger charge is 2.14. The van der Waals surface area contributed by atoms with Crippen molar-refractivity contribution in [3.8, 4) is 6.07 Å². The zero-order valence-corrected chi connectivity index (χ0v) is 9.47. The molecule has 0 atom stereocenters. The van der Waals surface area contributed by atoms with Gasteiger partial charge in [-0.2, -0.15) is 10.4 Å². The zero-order valence-electron chi connectivity index (χ0n) is 8.71. The van der Waals surface area contributed by atoms with E-state index in [9.17, 15) is 0 Å². The highest BCUT2D eigenvalue weighted by atomic mass is 35.5. The first-order valence-electron chi connectivity index (χ1n) is 4.75. The number of hydrogen-bond acceptors (Lipinski definition) is 2. The topological polar surface area (TPSA) is 41.6 Å². The second-order valence-corrected chi connectivity index (χ2v) is 4.01. The van der Waals surface area contributed by atoms with E-state index in [2.05, 4.69) is 25.0 Å². The molecule has 0 N–H and O–H groups in total. The summed E-state index contributed by atoms with van der Waals surface area (Å²) in [6, 6.07) is 2.09. The van der Waals surface area contributed by atoms with Gasteiger partial charge in [0.25, 0.3) is 0 Å². The standard InChI is InChI=1S/C10H14ClN3/c1-4-9-8(5-12)10(11)14(13-9)6-7(2)3/h7H,4,6H2,1-3H3. The van der Waals surface area contributed by atoms with Crippen LogP contribution in [0.1, 0.15) is 32.0 Å². The van der Waals surface area contributed by atoms with E-state index in [1.165, 1.54) is 0 Å². The maximum atomic E-state index is 8.89. The molecule has 0 aliphatic heterocycles. The maximum absolute atomic E-state index is 8.89. The van der Waals surface area contributed by atoms with Crippen LogP contribution in [0.4, 0.5) is 0 Å². The molecule has 0 amide bonds. The number of aromatic nitrogens is 2. The van der Waals surface area contributed by atoms with Crippen molar-refractivity contribution in [2.45, 2.75) is 33.7 Å². The van der Waals surface area contributed by atoms with Gasteiger partial charge in [0, 0.05) is 6.54 Å². The molecule has 1 rings (SSSR count). The molecule has 0 spiro atoms. The van der Waals surface area contributed by atoms with Gasteiger partial charge in [-0.15, -0.1) is 0 Å². The van der Waals surface area contributed by atoms with Crippen LogP contribution in [0, 0.1) is 17.2 Å². The summed E-state index contributed by atoms with van der Waals surface area (Å²) in [4.78, 5) is 0. The van der Waals surface area contributed by atoms with Crippen molar-refractivity contribution in [2.24, 2.45) is 5.92 Å². The molecule has 76 valence electrons. The normalized spacial score (nSPS) is 10.6. The molecule has 4 heteroatoms. The Bertz CT molecular complexity index is 360. The van der Waals surface area contributed by atoms with E-state index in [-0.39, 0.29) is 0 Å². The third-order valence-electron chi connectivity index (χ3n) is 1.95. The summed E-state index contributed by atoms with van der Waals surface area (Å²) in [5.41, 5.74) is 1.31. The number of halogens is 1. The van der Waals surface area contributed by atoms with E-state index in [4.69, 9.17) is 16.9 Å². The SMILES string of the molecule is CCc1nn(CC(C)C)c(Cl)c1C#N. The maximum Gasteiger partial charge on any atom is 0.145 e. The Kier molecular flexibility index (Phi) is 3.54. The Hall–Kier alpha value is -1.01. The van der Waals surface area contributed by atoms with Gasteiger partial charge in [0.1, 0.15) is 16.8 Å². The summed E-state index contributed by atoms with van der Waals surface area (Å²) in [6.45, 7) is 6.91. The lowest BCUT2D eigenvalue weighted by Crippen LogP contribution is -2.06. The van der Waals surface area contributed by atoms with E-state index < -0.39 is 0 Å². The van der Waals surface area contributed by atoms with Crippen molar-refractivity contribution in [1.82, 2.24) is 9.78 Å². The van der Waals surface area contributed by atoms with E-state index in [1.54, 1.807) is 4.68 Å². The number of nitrogens with zero attached hydrogens (tertiary/aromatic N) is 3. The van der Waals surface area contributed by atoms with E-state index in [0.29, 0.717) is 16.6 Å². The molecular formula is C10H14ClN3. The highest BCUT2D eigenvalue weighted by molar-refractivity contribution is 6.30. The average molecular weight is 212 g/mol. The molecule has 0 saturated carbocycles. The molecule has 0 bridgehead atoms. The van der Waals surface area contributed by atoms with Crippen molar-refractivity contribution in [1.29, 1.82) is 5.26 Å². The highest BCUT2D eigenvalue weighted by Crippen LogP contribution is 2.20. The van der Waals surface area contributed by atoms with Gasteiger partial charge in [-0.1, -0.05) is 32.4 Å². The van der Waals surface area contributed by atoms with Crippen LogP contribution >= 0.6 is 11.6 Å². The number of nitriles is 1. The molecule has 0 fully saturated rings. The lowest BCUT2D eigenvalue weighted by Gasteiger charge is -2.05. The molecular weight excluding hydrogens is 198 g/mol. The molecule has 14 heavy (non-hydrogen) atoms. The Labute approximate surface area is 89.3 Å². The number of rotatable bonds is 3. The Morgan fingerprint density at radius 1 is 1.57 bits per heavy atom. The summed E-state index contributed by atoms with van der Waals surface area (Å²) in [6.07, 6.45) is 0.744. The first-order valence-corrected chi connectivity index (χ1v) is 5.13. The van der Waals surface area contributed by atoms with Gasteiger partial charge in [-0.25, -0.2) is 0 Å². The van der Waals surface area contributed by atoms with E-state index >= 15 is 0 Å². The molecule has 0 aliphatic rings. The van der Waals surface area contributed by atoms with Gasteiger partial charge < -0.3 is 0 Å². The lowest BCUT2D eigenvalue weighted by molar-refractivity contribution is 0.480. The van der Waals surface area contributed by atoms with Crippen molar-refractivity contribution >= 4 is 11.6 Å². The molecule has 1 aromatic heterocycles. The average Bonchev–Trinajstić information content (AvgIpc) is 2.42. The fourth-order valence-corrected chi connectivity index (χ4v) is 1.57. The summed E-state index contributed by atoms with van der Waals surface area (Å²) in [5, 5.41) is 13.7. The second-order valence-electron chi connectivity index (χ2n) is 3.65. The number of aryl methyl sites for hydroxylation is 1. The number of hydrogen-bond donors (Lipinski definition) is 0. The van der Waals surface area contributed by atoms with Crippen LogP contribution in [0.2, 0.25) is 5.15 Å². The minimum absolute atomic E-state index is 0.470. The fraction of sp³-hybridized carbons (Fsp3) is 0.600. The van der Waals surface area contributed by atoms with Crippen LogP contribution in [-0.4, -0.2) is 9.78 Å². The molecule has 3 nitrogen and oxygen atoms in total. The second kappa shape index (κ2) is 4.47. The predicted octanol–water partition coefficient (Wildman–Crippen LogP) is 2.63. The molecule has 1 aromatic rings. The van der Waals surface area contributed by atoms with Crippen LogP contribution in [0.15, 0.2) is 0 Å². The van der Waals surface area contributed by atoms with Gasteiger partial charge in [0.15, 0.2) is 0 Å². The van der Waals surface area contributed by atoms with Crippen molar-refractivity contribution in [3.05, 3.63) is 16.4 Å². The molecule has 0 saturated heterocycles. The third kappa shape index (κ3) is 2.08. The Morgan fingerprint density at radius 2 is 2.21 bits per heavy atom. The van der Waals surface area contributed by atoms with Crippen molar-refractivity contribution in [2.75, 3.05) is 0 Å². The van der Waals surface area contributed by atoms with Gasteiger partial charge in [0.05, 0.1) is 5.69 Å². The fourth-order valence-electron chi connectivity index (χ4n) is 1.31. The van der Waals surface area contributed by atoms with Gasteiger partial charge >= 0.3 is 0 Å². The molecule has 0 unspecified atom stereocenters. The zero-order chi connectivity index (χ0) is 10.7. The minimum Gasteiger partial charge on any atom is -0.252 e. The van der Waals surface area contributed by atoms with E-state index in [1.807, 2.05) is 6.92 Å². The molecule has 0 aromatic carbocycles. The first kappa shape index (κ1) is 11.1. The third-order valence-corrected chi connectivity index (χ3v) is 2.33. The summed E-state index contributed by atoms with van der Waals surface area (Å²) in [5.74, 6) is 0.476. The van der Waals surface area contributed by atoms with Crippen molar-refractivity contribution < 1.29 is 0 Å². The Balaban J connectivity index is 3.09. The summed E-state index contributed by atoms with van der Waals surface area (Å²) >= 11 is 6.03. The molecule has 0 radical (unpaired) electrons. The van der Waals surface area contributed by atoms with Crippen LogP contribution < -0.4 is 0 Å².